The Balaban J connectivity index is 1.91. The van der Waals surface area contributed by atoms with Crippen LogP contribution in [0.4, 0.5) is 8.78 Å². The molecule has 1 atom stereocenters. The van der Waals surface area contributed by atoms with Crippen molar-refractivity contribution in [1.29, 1.82) is 0 Å². The standard InChI is InChI=1S/C14H18F2N2O3S/c15-11-3-4-13(16)12(10-11)14-2-1-5-18(14)22(19,20)17-6-8-21-9-7-17/h3-4,10,14H,1-2,5-9H2. The van der Waals surface area contributed by atoms with Crippen LogP contribution in [0.25, 0.3) is 0 Å². The summed E-state index contributed by atoms with van der Waals surface area (Å²) < 4.78 is 60.7. The molecule has 1 aromatic carbocycles. The van der Waals surface area contributed by atoms with Crippen molar-refractivity contribution in [3.8, 4) is 0 Å². The zero-order valence-electron chi connectivity index (χ0n) is 12.0. The Morgan fingerprint density at radius 1 is 1.14 bits per heavy atom. The van der Waals surface area contributed by atoms with E-state index in [2.05, 4.69) is 0 Å². The number of ether oxygens (including phenoxy) is 1. The van der Waals surface area contributed by atoms with Gasteiger partial charge in [-0.3, -0.25) is 0 Å². The summed E-state index contributed by atoms with van der Waals surface area (Å²) in [5.41, 5.74) is 0.106. The van der Waals surface area contributed by atoms with Crippen molar-refractivity contribution in [2.24, 2.45) is 0 Å². The second-order valence-corrected chi connectivity index (χ2v) is 7.33. The highest BCUT2D eigenvalue weighted by Crippen LogP contribution is 2.36. The van der Waals surface area contributed by atoms with Crippen LogP contribution >= 0.6 is 0 Å². The number of benzene rings is 1. The highest BCUT2D eigenvalue weighted by molar-refractivity contribution is 7.86. The van der Waals surface area contributed by atoms with Crippen LogP contribution in [-0.2, 0) is 14.9 Å². The molecule has 5 nitrogen and oxygen atoms in total. The Labute approximate surface area is 128 Å². The third-order valence-corrected chi connectivity index (χ3v) is 6.16. The van der Waals surface area contributed by atoms with E-state index >= 15 is 0 Å². The van der Waals surface area contributed by atoms with E-state index in [-0.39, 0.29) is 18.7 Å². The maximum absolute atomic E-state index is 14.0. The van der Waals surface area contributed by atoms with E-state index in [1.54, 1.807) is 0 Å². The topological polar surface area (TPSA) is 49.9 Å². The molecule has 8 heteroatoms. The number of morpholine rings is 1. The summed E-state index contributed by atoms with van der Waals surface area (Å²) in [7, 11) is -3.69. The van der Waals surface area contributed by atoms with Gasteiger partial charge in [0.25, 0.3) is 10.2 Å². The molecule has 0 radical (unpaired) electrons. The van der Waals surface area contributed by atoms with Crippen molar-refractivity contribution in [1.82, 2.24) is 8.61 Å². The van der Waals surface area contributed by atoms with Crippen molar-refractivity contribution in [3.63, 3.8) is 0 Å². The second-order valence-electron chi connectivity index (χ2n) is 5.45. The molecular weight excluding hydrogens is 314 g/mol. The quantitative estimate of drug-likeness (QED) is 0.846. The molecule has 0 amide bonds. The molecule has 1 aromatic rings. The molecule has 0 spiro atoms. The van der Waals surface area contributed by atoms with Gasteiger partial charge in [-0.05, 0) is 31.0 Å². The van der Waals surface area contributed by atoms with E-state index in [4.69, 9.17) is 4.74 Å². The van der Waals surface area contributed by atoms with Crippen molar-refractivity contribution in [3.05, 3.63) is 35.4 Å². The lowest BCUT2D eigenvalue weighted by Gasteiger charge is -2.33. The van der Waals surface area contributed by atoms with E-state index in [1.165, 1.54) is 8.61 Å². The summed E-state index contributed by atoms with van der Waals surface area (Å²) in [4.78, 5) is 0. The van der Waals surface area contributed by atoms with Gasteiger partial charge in [0.15, 0.2) is 0 Å². The molecule has 1 unspecified atom stereocenters. The highest BCUT2D eigenvalue weighted by Gasteiger charge is 2.40. The van der Waals surface area contributed by atoms with Gasteiger partial charge in [-0.2, -0.15) is 17.0 Å². The third-order valence-electron chi connectivity index (χ3n) is 4.11. The molecule has 0 aliphatic carbocycles. The van der Waals surface area contributed by atoms with Crippen molar-refractivity contribution in [2.75, 3.05) is 32.8 Å². The molecule has 0 bridgehead atoms. The largest absolute Gasteiger partial charge is 0.379 e. The molecule has 2 aliphatic rings. The zero-order valence-corrected chi connectivity index (χ0v) is 12.9. The van der Waals surface area contributed by atoms with Gasteiger partial charge >= 0.3 is 0 Å². The Kier molecular flexibility index (Phi) is 4.44. The maximum Gasteiger partial charge on any atom is 0.282 e. The first kappa shape index (κ1) is 15.8. The molecular formula is C14H18F2N2O3S. The molecule has 3 rings (SSSR count). The molecule has 0 N–H and O–H groups in total. The van der Waals surface area contributed by atoms with E-state index < -0.39 is 27.9 Å². The SMILES string of the molecule is O=S(=O)(N1CCOCC1)N1CCCC1c1cc(F)ccc1F. The number of hydrogen-bond acceptors (Lipinski definition) is 3. The second kappa shape index (κ2) is 6.19. The zero-order chi connectivity index (χ0) is 15.7. The van der Waals surface area contributed by atoms with Gasteiger partial charge < -0.3 is 4.74 Å². The highest BCUT2D eigenvalue weighted by atomic mass is 32.2. The average Bonchev–Trinajstić information content (AvgIpc) is 3.01. The van der Waals surface area contributed by atoms with Crippen molar-refractivity contribution < 1.29 is 21.9 Å². The smallest absolute Gasteiger partial charge is 0.282 e. The maximum atomic E-state index is 14.0. The van der Waals surface area contributed by atoms with Crippen molar-refractivity contribution in [2.45, 2.75) is 18.9 Å². The lowest BCUT2D eigenvalue weighted by molar-refractivity contribution is 0.0698. The number of halogens is 2. The van der Waals surface area contributed by atoms with Gasteiger partial charge in [-0.25, -0.2) is 8.78 Å². The summed E-state index contributed by atoms with van der Waals surface area (Å²) >= 11 is 0. The monoisotopic (exact) mass is 332 g/mol. The Morgan fingerprint density at radius 2 is 1.86 bits per heavy atom. The first-order valence-corrected chi connectivity index (χ1v) is 8.69. The van der Waals surface area contributed by atoms with Crippen molar-refractivity contribution >= 4 is 10.2 Å². The van der Waals surface area contributed by atoms with Gasteiger partial charge in [-0.1, -0.05) is 0 Å². The molecule has 0 aromatic heterocycles. The molecule has 0 saturated carbocycles. The normalized spacial score (nSPS) is 24.7. The molecule has 122 valence electrons. The van der Waals surface area contributed by atoms with Crippen LogP contribution in [-0.4, -0.2) is 49.9 Å². The van der Waals surface area contributed by atoms with Crippen LogP contribution in [0.2, 0.25) is 0 Å². The summed E-state index contributed by atoms with van der Waals surface area (Å²) in [5.74, 6) is -1.14. The predicted octanol–water partition coefficient (Wildman–Crippen LogP) is 1.68. The van der Waals surface area contributed by atoms with E-state index in [0.29, 0.717) is 32.6 Å². The lowest BCUT2D eigenvalue weighted by atomic mass is 10.0. The Hall–Kier alpha value is -1.09. The molecule has 2 heterocycles. The van der Waals surface area contributed by atoms with Crippen LogP contribution in [0.3, 0.4) is 0 Å². The fourth-order valence-electron chi connectivity index (χ4n) is 3.02. The molecule has 22 heavy (non-hydrogen) atoms. The average molecular weight is 332 g/mol. The van der Waals surface area contributed by atoms with Crippen LogP contribution in [0.15, 0.2) is 18.2 Å². The minimum absolute atomic E-state index is 0.106. The van der Waals surface area contributed by atoms with E-state index in [0.717, 1.165) is 18.2 Å². The van der Waals surface area contributed by atoms with E-state index in [9.17, 15) is 17.2 Å². The van der Waals surface area contributed by atoms with Crippen LogP contribution < -0.4 is 0 Å². The van der Waals surface area contributed by atoms with Gasteiger partial charge in [0.1, 0.15) is 11.6 Å². The van der Waals surface area contributed by atoms with Crippen LogP contribution in [0.5, 0.6) is 0 Å². The first-order valence-electron chi connectivity index (χ1n) is 7.30. The fraction of sp³-hybridized carbons (Fsp3) is 0.571. The van der Waals surface area contributed by atoms with Crippen LogP contribution in [0.1, 0.15) is 24.4 Å². The Bertz CT molecular complexity index is 647. The number of rotatable bonds is 3. The first-order chi connectivity index (χ1) is 10.5. The van der Waals surface area contributed by atoms with Gasteiger partial charge in [0.2, 0.25) is 0 Å². The van der Waals surface area contributed by atoms with Gasteiger partial charge in [0, 0.05) is 25.2 Å². The third kappa shape index (κ3) is 2.88. The van der Waals surface area contributed by atoms with E-state index in [1.807, 2.05) is 0 Å². The summed E-state index contributed by atoms with van der Waals surface area (Å²) in [6.45, 7) is 1.60. The number of nitrogens with zero attached hydrogens (tertiary/aromatic N) is 2. The van der Waals surface area contributed by atoms with Crippen LogP contribution in [0, 0.1) is 11.6 Å². The summed E-state index contributed by atoms with van der Waals surface area (Å²) in [6.07, 6.45) is 1.12. The summed E-state index contributed by atoms with van der Waals surface area (Å²) in [6, 6.07) is 2.52. The molecule has 2 saturated heterocycles. The van der Waals surface area contributed by atoms with Gasteiger partial charge in [0.05, 0.1) is 19.3 Å². The summed E-state index contributed by atoms with van der Waals surface area (Å²) in [5, 5.41) is 0. The number of hydrogen-bond donors (Lipinski definition) is 0. The molecule has 2 fully saturated rings. The minimum Gasteiger partial charge on any atom is -0.379 e. The predicted molar refractivity (Wildman–Crippen MR) is 76.4 cm³/mol. The lowest BCUT2D eigenvalue weighted by Crippen LogP contribution is -2.48. The van der Waals surface area contributed by atoms with Gasteiger partial charge in [-0.15, -0.1) is 0 Å². The molecule has 2 aliphatic heterocycles. The fourth-order valence-corrected chi connectivity index (χ4v) is 4.83. The Morgan fingerprint density at radius 3 is 2.59 bits per heavy atom. The minimum atomic E-state index is -3.69.